The van der Waals surface area contributed by atoms with Crippen LogP contribution in [0, 0.1) is 5.92 Å². The van der Waals surface area contributed by atoms with Gasteiger partial charge in [-0.1, -0.05) is 60.7 Å². The second kappa shape index (κ2) is 9.69. The minimum atomic E-state index is -4.79. The van der Waals surface area contributed by atoms with Crippen LogP contribution in [0.4, 0.5) is 18.9 Å². The smallest absolute Gasteiger partial charge is 0.373 e. The lowest BCUT2D eigenvalue weighted by Gasteiger charge is -2.34. The summed E-state index contributed by atoms with van der Waals surface area (Å²) in [6.45, 7) is 0. The van der Waals surface area contributed by atoms with Crippen molar-refractivity contribution in [1.82, 2.24) is 9.88 Å². The maximum atomic E-state index is 13.9. The Morgan fingerprint density at radius 1 is 0.971 bits per heavy atom. The number of carbonyl (C=O) groups is 1. The van der Waals surface area contributed by atoms with Gasteiger partial charge in [-0.15, -0.1) is 0 Å². The molecule has 1 atom stereocenters. The normalized spacial score (nSPS) is 16.4. The molecule has 3 aromatic rings. The van der Waals surface area contributed by atoms with E-state index in [0.717, 1.165) is 18.2 Å². The van der Waals surface area contributed by atoms with E-state index in [2.05, 4.69) is 10.3 Å². The average molecular weight is 504 g/mol. The number of aromatic nitrogens is 1. The highest BCUT2D eigenvalue weighted by molar-refractivity contribution is 7.92. The quantitative estimate of drug-likeness (QED) is 0.518. The number of benzene rings is 2. The fourth-order valence-electron chi connectivity index (χ4n) is 4.18. The number of halogens is 3. The van der Waals surface area contributed by atoms with Crippen molar-refractivity contribution in [3.8, 4) is 0 Å². The Kier molecular flexibility index (Phi) is 6.84. The van der Waals surface area contributed by atoms with Crippen LogP contribution in [0.3, 0.4) is 0 Å². The molecule has 0 saturated carbocycles. The molecule has 0 unspecified atom stereocenters. The first-order chi connectivity index (χ1) is 16.5. The molecule has 1 aliphatic heterocycles. The van der Waals surface area contributed by atoms with Crippen LogP contribution in [-0.4, -0.2) is 48.9 Å². The molecule has 1 saturated heterocycles. The highest BCUT2D eigenvalue weighted by atomic mass is 32.2. The largest absolute Gasteiger partial charge is 0.414 e. The number of nitrogens with one attached hydrogen (secondary N) is 1. The fraction of sp³-hybridized carbons (Fsp3) is 0.280. The molecule has 1 amide bonds. The summed E-state index contributed by atoms with van der Waals surface area (Å²) in [5.74, 6) is -2.69. The molecule has 1 aliphatic rings. The third-order valence-electron chi connectivity index (χ3n) is 5.95. The molecule has 2 heterocycles. The minimum absolute atomic E-state index is 0.256. The lowest BCUT2D eigenvalue weighted by Crippen LogP contribution is -2.50. The molecule has 0 bridgehead atoms. The number of anilines is 1. The van der Waals surface area contributed by atoms with Crippen LogP contribution in [-0.2, 0) is 14.6 Å². The Labute approximate surface area is 201 Å². The SMILES string of the molecule is CN(C(=O)C1CS(=O)(=O)C1)[C@@H](c1ccc(NC(c2ccccc2)c2ccccc2)cn1)C(F)(F)F. The number of pyridine rings is 1. The zero-order chi connectivity index (χ0) is 25.2. The molecule has 35 heavy (non-hydrogen) atoms. The second-order valence-electron chi connectivity index (χ2n) is 8.54. The molecule has 1 fully saturated rings. The van der Waals surface area contributed by atoms with Crippen molar-refractivity contribution in [1.29, 1.82) is 0 Å². The molecular formula is C25H24F3N3O3S. The zero-order valence-corrected chi connectivity index (χ0v) is 19.6. The van der Waals surface area contributed by atoms with E-state index in [1.165, 1.54) is 18.3 Å². The summed E-state index contributed by atoms with van der Waals surface area (Å²) in [5, 5.41) is 3.32. The van der Waals surface area contributed by atoms with Crippen LogP contribution in [0.15, 0.2) is 79.0 Å². The summed E-state index contributed by atoms with van der Waals surface area (Å²) in [6.07, 6.45) is -3.48. The van der Waals surface area contributed by atoms with Crippen LogP contribution < -0.4 is 5.32 Å². The topological polar surface area (TPSA) is 79.4 Å². The van der Waals surface area contributed by atoms with Gasteiger partial charge in [-0.3, -0.25) is 9.78 Å². The van der Waals surface area contributed by atoms with Crippen molar-refractivity contribution in [2.45, 2.75) is 18.3 Å². The molecule has 0 aliphatic carbocycles. The summed E-state index contributed by atoms with van der Waals surface area (Å²) in [5.41, 5.74) is 2.09. The first-order valence-electron chi connectivity index (χ1n) is 10.9. The number of rotatable bonds is 7. The van der Waals surface area contributed by atoms with Crippen LogP contribution in [0.25, 0.3) is 0 Å². The van der Waals surface area contributed by atoms with Gasteiger partial charge in [-0.2, -0.15) is 13.2 Å². The molecule has 1 N–H and O–H groups in total. The standard InChI is InChI=1S/C25H24F3N3O3S/c1-31(24(32)19-15-35(33,34)16-19)23(25(26,27)28)21-13-12-20(14-29-21)30-22(17-8-4-2-5-9-17)18-10-6-3-7-11-18/h2-14,19,22-23,30H,15-16H2,1H3/t23-/m0/s1. The van der Waals surface area contributed by atoms with E-state index < -0.39 is 45.4 Å². The second-order valence-corrected chi connectivity index (χ2v) is 10.7. The number of nitrogens with zero attached hydrogens (tertiary/aromatic N) is 2. The Morgan fingerprint density at radius 3 is 1.94 bits per heavy atom. The first kappa shape index (κ1) is 24.7. The number of sulfone groups is 1. The monoisotopic (exact) mass is 503 g/mol. The van der Waals surface area contributed by atoms with Crippen LogP contribution in [0.5, 0.6) is 0 Å². The van der Waals surface area contributed by atoms with Gasteiger partial charge in [0.05, 0.1) is 41.0 Å². The maximum absolute atomic E-state index is 13.9. The van der Waals surface area contributed by atoms with Gasteiger partial charge in [-0.05, 0) is 23.3 Å². The molecule has 10 heteroatoms. The number of amides is 1. The Morgan fingerprint density at radius 2 is 1.51 bits per heavy atom. The third-order valence-corrected chi connectivity index (χ3v) is 7.77. The van der Waals surface area contributed by atoms with E-state index >= 15 is 0 Å². The molecule has 184 valence electrons. The maximum Gasteiger partial charge on any atom is 0.414 e. The van der Waals surface area contributed by atoms with Crippen molar-refractivity contribution >= 4 is 21.4 Å². The summed E-state index contributed by atoms with van der Waals surface area (Å²) in [7, 11) is -2.32. The van der Waals surface area contributed by atoms with Gasteiger partial charge in [0.1, 0.15) is 0 Å². The van der Waals surface area contributed by atoms with E-state index in [1.54, 1.807) is 0 Å². The summed E-state index contributed by atoms with van der Waals surface area (Å²) < 4.78 is 64.6. The highest BCUT2D eigenvalue weighted by Crippen LogP contribution is 2.38. The van der Waals surface area contributed by atoms with Gasteiger partial charge in [-0.25, -0.2) is 8.42 Å². The van der Waals surface area contributed by atoms with E-state index in [4.69, 9.17) is 0 Å². The van der Waals surface area contributed by atoms with Gasteiger partial charge in [0, 0.05) is 7.05 Å². The van der Waals surface area contributed by atoms with Crippen molar-refractivity contribution in [3.05, 3.63) is 95.8 Å². The molecule has 0 spiro atoms. The summed E-state index contributed by atoms with van der Waals surface area (Å²) in [6, 6.07) is 19.4. The molecular weight excluding hydrogens is 479 g/mol. The summed E-state index contributed by atoms with van der Waals surface area (Å²) in [4.78, 5) is 17.1. The van der Waals surface area contributed by atoms with Crippen LogP contribution in [0.2, 0.25) is 0 Å². The molecule has 6 nitrogen and oxygen atoms in total. The first-order valence-corrected chi connectivity index (χ1v) is 12.7. The van der Waals surface area contributed by atoms with E-state index in [1.807, 2.05) is 60.7 Å². The molecule has 0 radical (unpaired) electrons. The van der Waals surface area contributed by atoms with Crippen molar-refractivity contribution in [3.63, 3.8) is 0 Å². The Bertz CT molecular complexity index is 1220. The number of carbonyl (C=O) groups excluding carboxylic acids is 1. The minimum Gasteiger partial charge on any atom is -0.373 e. The van der Waals surface area contributed by atoms with Gasteiger partial charge in [0.2, 0.25) is 5.91 Å². The lowest BCUT2D eigenvalue weighted by atomic mass is 9.98. The van der Waals surface area contributed by atoms with E-state index in [9.17, 15) is 26.4 Å². The molecule has 2 aromatic carbocycles. The molecule has 4 rings (SSSR count). The van der Waals surface area contributed by atoms with Gasteiger partial charge in [0.15, 0.2) is 15.9 Å². The van der Waals surface area contributed by atoms with Crippen LogP contribution >= 0.6 is 0 Å². The third kappa shape index (κ3) is 5.64. The van der Waals surface area contributed by atoms with Gasteiger partial charge >= 0.3 is 6.18 Å². The van der Waals surface area contributed by atoms with Gasteiger partial charge in [0.25, 0.3) is 0 Å². The number of alkyl halides is 3. The fourth-order valence-corrected chi connectivity index (χ4v) is 5.59. The number of hydrogen-bond acceptors (Lipinski definition) is 5. The zero-order valence-electron chi connectivity index (χ0n) is 18.8. The predicted octanol–water partition coefficient (Wildman–Crippen LogP) is 4.39. The lowest BCUT2D eigenvalue weighted by molar-refractivity contribution is -0.191. The number of hydrogen-bond donors (Lipinski definition) is 1. The average Bonchev–Trinajstić information content (AvgIpc) is 2.81. The van der Waals surface area contributed by atoms with Crippen molar-refractivity contribution < 1.29 is 26.4 Å². The van der Waals surface area contributed by atoms with E-state index in [0.29, 0.717) is 10.6 Å². The highest BCUT2D eigenvalue weighted by Gasteiger charge is 2.49. The van der Waals surface area contributed by atoms with Gasteiger partial charge < -0.3 is 10.2 Å². The Balaban J connectivity index is 1.57. The Hall–Kier alpha value is -3.40. The predicted molar refractivity (Wildman–Crippen MR) is 126 cm³/mol. The van der Waals surface area contributed by atoms with Crippen LogP contribution in [0.1, 0.15) is 28.9 Å². The van der Waals surface area contributed by atoms with E-state index in [-0.39, 0.29) is 11.7 Å². The van der Waals surface area contributed by atoms with Crippen molar-refractivity contribution in [2.75, 3.05) is 23.9 Å². The summed E-state index contributed by atoms with van der Waals surface area (Å²) >= 11 is 0. The van der Waals surface area contributed by atoms with Crippen molar-refractivity contribution in [2.24, 2.45) is 5.92 Å². The molecule has 1 aromatic heterocycles.